The summed E-state index contributed by atoms with van der Waals surface area (Å²) in [7, 11) is 1.26. The highest BCUT2D eigenvalue weighted by molar-refractivity contribution is 5.76. The van der Waals surface area contributed by atoms with Gasteiger partial charge in [-0.15, -0.1) is 0 Å². The normalized spacial score (nSPS) is 11.7. The lowest BCUT2D eigenvalue weighted by Gasteiger charge is -2.09. The van der Waals surface area contributed by atoms with Crippen LogP contribution >= 0.6 is 0 Å². The van der Waals surface area contributed by atoms with Gasteiger partial charge in [0, 0.05) is 6.42 Å². The van der Waals surface area contributed by atoms with Gasteiger partial charge in [0.05, 0.1) is 7.11 Å². The first-order chi connectivity index (χ1) is 8.63. The highest BCUT2D eigenvalue weighted by Crippen LogP contribution is 2.04. The molecule has 0 spiro atoms. The smallest absolute Gasteiger partial charge is 0.322 e. The highest BCUT2D eigenvalue weighted by atomic mass is 16.5. The van der Waals surface area contributed by atoms with Gasteiger partial charge in [-0.2, -0.15) is 0 Å². The molecule has 2 N–H and O–H groups in total. The molecule has 18 heavy (non-hydrogen) atoms. The molecule has 0 amide bonds. The average Bonchev–Trinajstić information content (AvgIpc) is 2.42. The topological polar surface area (TPSA) is 78.6 Å². The van der Waals surface area contributed by atoms with Gasteiger partial charge in [-0.1, -0.05) is 30.3 Å². The van der Waals surface area contributed by atoms with Crippen LogP contribution < -0.4 is 5.73 Å². The Morgan fingerprint density at radius 3 is 2.56 bits per heavy atom. The van der Waals surface area contributed by atoms with Crippen molar-refractivity contribution in [2.75, 3.05) is 7.11 Å². The summed E-state index contributed by atoms with van der Waals surface area (Å²) in [6, 6.07) is 8.59. The summed E-state index contributed by atoms with van der Waals surface area (Å²) in [6.07, 6.45) is 0.323. The van der Waals surface area contributed by atoms with E-state index in [9.17, 15) is 9.59 Å². The lowest BCUT2D eigenvalue weighted by atomic mass is 10.2. The van der Waals surface area contributed by atoms with E-state index in [0.29, 0.717) is 0 Å². The van der Waals surface area contributed by atoms with Crippen molar-refractivity contribution in [1.82, 2.24) is 0 Å². The van der Waals surface area contributed by atoms with Crippen molar-refractivity contribution in [3.05, 3.63) is 35.9 Å². The lowest BCUT2D eigenvalue weighted by molar-refractivity contribution is -0.146. The summed E-state index contributed by atoms with van der Waals surface area (Å²) in [5.74, 6) is -0.899. The molecule has 0 aromatic heterocycles. The van der Waals surface area contributed by atoms with Gasteiger partial charge in [0.15, 0.2) is 0 Å². The maximum atomic E-state index is 11.4. The summed E-state index contributed by atoms with van der Waals surface area (Å²) < 4.78 is 9.50. The number of carbonyl (C=O) groups is 2. The summed E-state index contributed by atoms with van der Waals surface area (Å²) in [4.78, 5) is 22.4. The van der Waals surface area contributed by atoms with Crippen LogP contribution in [0.4, 0.5) is 0 Å². The zero-order valence-corrected chi connectivity index (χ0v) is 10.3. The zero-order chi connectivity index (χ0) is 13.4. The Bertz CT molecular complexity index is 391. The molecule has 0 aliphatic carbocycles. The number of hydrogen-bond acceptors (Lipinski definition) is 5. The minimum atomic E-state index is -0.778. The second-order valence-corrected chi connectivity index (χ2v) is 3.81. The number of carbonyl (C=O) groups excluding carboxylic acids is 2. The van der Waals surface area contributed by atoms with Crippen molar-refractivity contribution < 1.29 is 19.1 Å². The molecule has 0 heterocycles. The number of esters is 2. The van der Waals surface area contributed by atoms with Gasteiger partial charge in [-0.25, -0.2) is 0 Å². The number of nitrogens with two attached hydrogens (primary N) is 1. The SMILES string of the molecule is COC(=O)C(N)CCC(=O)OCc1ccccc1. The first-order valence-electron chi connectivity index (χ1n) is 5.66. The van der Waals surface area contributed by atoms with Crippen LogP contribution in [0.15, 0.2) is 30.3 Å². The van der Waals surface area contributed by atoms with E-state index >= 15 is 0 Å². The molecular weight excluding hydrogens is 234 g/mol. The molecule has 0 saturated carbocycles. The van der Waals surface area contributed by atoms with Crippen molar-refractivity contribution >= 4 is 11.9 Å². The van der Waals surface area contributed by atoms with Crippen LogP contribution in [0.1, 0.15) is 18.4 Å². The Balaban J connectivity index is 2.24. The Hall–Kier alpha value is -1.88. The minimum Gasteiger partial charge on any atom is -0.468 e. The van der Waals surface area contributed by atoms with Crippen LogP contribution in [0, 0.1) is 0 Å². The number of methoxy groups -OCH3 is 1. The second kappa shape index (κ2) is 7.45. The van der Waals surface area contributed by atoms with Crippen LogP contribution in [0.5, 0.6) is 0 Å². The van der Waals surface area contributed by atoms with E-state index in [2.05, 4.69) is 4.74 Å². The molecule has 5 heteroatoms. The average molecular weight is 251 g/mol. The lowest BCUT2D eigenvalue weighted by Crippen LogP contribution is -2.32. The third-order valence-corrected chi connectivity index (χ3v) is 2.41. The molecule has 0 aliphatic rings. The maximum absolute atomic E-state index is 11.4. The van der Waals surface area contributed by atoms with Crippen LogP contribution in [0.3, 0.4) is 0 Å². The van der Waals surface area contributed by atoms with Crippen molar-refractivity contribution in [2.45, 2.75) is 25.5 Å². The Kier molecular flexibility index (Phi) is 5.87. The van der Waals surface area contributed by atoms with Crippen LogP contribution in [-0.4, -0.2) is 25.1 Å². The maximum Gasteiger partial charge on any atom is 0.322 e. The largest absolute Gasteiger partial charge is 0.468 e. The number of ether oxygens (including phenoxy) is 2. The number of hydrogen-bond donors (Lipinski definition) is 1. The van der Waals surface area contributed by atoms with Crippen molar-refractivity contribution in [1.29, 1.82) is 0 Å². The molecule has 1 aromatic carbocycles. The van der Waals surface area contributed by atoms with E-state index in [1.807, 2.05) is 30.3 Å². The molecule has 5 nitrogen and oxygen atoms in total. The molecule has 1 rings (SSSR count). The molecule has 0 fully saturated rings. The van der Waals surface area contributed by atoms with Crippen molar-refractivity contribution in [2.24, 2.45) is 5.73 Å². The van der Waals surface area contributed by atoms with Crippen LogP contribution in [-0.2, 0) is 25.7 Å². The summed E-state index contributed by atoms with van der Waals surface area (Å²) in [5, 5.41) is 0. The Labute approximate surface area is 106 Å². The first kappa shape index (κ1) is 14.2. The first-order valence-corrected chi connectivity index (χ1v) is 5.66. The van der Waals surface area contributed by atoms with E-state index in [-0.39, 0.29) is 25.4 Å². The van der Waals surface area contributed by atoms with E-state index in [1.54, 1.807) is 0 Å². The Morgan fingerprint density at radius 2 is 1.94 bits per heavy atom. The molecule has 98 valence electrons. The molecule has 1 unspecified atom stereocenters. The van der Waals surface area contributed by atoms with Gasteiger partial charge in [0.1, 0.15) is 12.6 Å². The predicted molar refractivity (Wildman–Crippen MR) is 65.5 cm³/mol. The third kappa shape index (κ3) is 4.97. The predicted octanol–water partition coefficient (Wildman–Crippen LogP) is 1.01. The standard InChI is InChI=1S/C13H17NO4/c1-17-13(16)11(14)7-8-12(15)18-9-10-5-3-2-4-6-10/h2-6,11H,7-9,14H2,1H3. The van der Waals surface area contributed by atoms with Gasteiger partial charge >= 0.3 is 11.9 Å². The van der Waals surface area contributed by atoms with Crippen molar-refractivity contribution in [3.8, 4) is 0 Å². The zero-order valence-electron chi connectivity index (χ0n) is 10.3. The molecule has 0 aliphatic heterocycles. The third-order valence-electron chi connectivity index (χ3n) is 2.41. The molecular formula is C13H17NO4. The van der Waals surface area contributed by atoms with E-state index in [4.69, 9.17) is 10.5 Å². The molecule has 0 saturated heterocycles. The fraction of sp³-hybridized carbons (Fsp3) is 0.385. The van der Waals surface area contributed by atoms with Gasteiger partial charge in [-0.3, -0.25) is 9.59 Å². The molecule has 0 radical (unpaired) electrons. The number of rotatable bonds is 6. The summed E-state index contributed by atoms with van der Waals surface area (Å²) in [5.41, 5.74) is 6.42. The number of benzene rings is 1. The van der Waals surface area contributed by atoms with Crippen molar-refractivity contribution in [3.63, 3.8) is 0 Å². The second-order valence-electron chi connectivity index (χ2n) is 3.81. The fourth-order valence-electron chi connectivity index (χ4n) is 1.35. The van der Waals surface area contributed by atoms with E-state index < -0.39 is 12.0 Å². The quantitative estimate of drug-likeness (QED) is 0.763. The van der Waals surface area contributed by atoms with Crippen LogP contribution in [0.2, 0.25) is 0 Å². The highest BCUT2D eigenvalue weighted by Gasteiger charge is 2.15. The monoisotopic (exact) mass is 251 g/mol. The van der Waals surface area contributed by atoms with E-state index in [1.165, 1.54) is 7.11 Å². The molecule has 1 atom stereocenters. The molecule has 0 bridgehead atoms. The van der Waals surface area contributed by atoms with Gasteiger partial charge in [-0.05, 0) is 12.0 Å². The van der Waals surface area contributed by atoms with E-state index in [0.717, 1.165) is 5.56 Å². The van der Waals surface area contributed by atoms with Crippen LogP contribution in [0.25, 0.3) is 0 Å². The molecule has 1 aromatic rings. The fourth-order valence-corrected chi connectivity index (χ4v) is 1.35. The van der Waals surface area contributed by atoms with Gasteiger partial charge in [0.2, 0.25) is 0 Å². The van der Waals surface area contributed by atoms with Gasteiger partial charge in [0.25, 0.3) is 0 Å². The minimum absolute atomic E-state index is 0.100. The summed E-state index contributed by atoms with van der Waals surface area (Å²) >= 11 is 0. The Morgan fingerprint density at radius 1 is 1.28 bits per heavy atom. The summed E-state index contributed by atoms with van der Waals surface area (Å²) in [6.45, 7) is 0.229. The van der Waals surface area contributed by atoms with Gasteiger partial charge < -0.3 is 15.2 Å².